The summed E-state index contributed by atoms with van der Waals surface area (Å²) in [5.74, 6) is 1.86. The van der Waals surface area contributed by atoms with Crippen LogP contribution in [0.2, 0.25) is 0 Å². The minimum atomic E-state index is -0.0715. The van der Waals surface area contributed by atoms with E-state index in [-0.39, 0.29) is 11.8 Å². The van der Waals surface area contributed by atoms with Crippen LogP contribution in [0.3, 0.4) is 0 Å². The Labute approximate surface area is 139 Å². The molecule has 24 heavy (non-hydrogen) atoms. The van der Waals surface area contributed by atoms with Crippen molar-refractivity contribution < 1.29 is 13.7 Å². The Balaban J connectivity index is 1.51. The first-order valence-electron chi connectivity index (χ1n) is 7.90. The summed E-state index contributed by atoms with van der Waals surface area (Å²) in [7, 11) is 0. The summed E-state index contributed by atoms with van der Waals surface area (Å²) in [6.07, 6.45) is 2.00. The van der Waals surface area contributed by atoms with Crippen molar-refractivity contribution in [2.45, 2.75) is 25.8 Å². The Morgan fingerprint density at radius 1 is 1.25 bits per heavy atom. The summed E-state index contributed by atoms with van der Waals surface area (Å²) in [5, 5.41) is 4.08. The van der Waals surface area contributed by atoms with Crippen LogP contribution in [-0.2, 0) is 11.3 Å². The number of hydrogen-bond acceptors (Lipinski definition) is 5. The molecule has 3 aromatic rings. The molecule has 1 atom stereocenters. The second kappa shape index (κ2) is 5.96. The summed E-state index contributed by atoms with van der Waals surface area (Å²) in [5.41, 5.74) is 2.04. The molecule has 1 fully saturated rings. The number of aromatic nitrogens is 2. The van der Waals surface area contributed by atoms with Crippen LogP contribution in [-0.4, -0.2) is 27.5 Å². The first-order valence-corrected chi connectivity index (χ1v) is 7.90. The molecule has 0 saturated carbocycles. The van der Waals surface area contributed by atoms with E-state index in [9.17, 15) is 4.79 Å². The quantitative estimate of drug-likeness (QED) is 0.737. The van der Waals surface area contributed by atoms with Crippen LogP contribution in [0.1, 0.15) is 29.6 Å². The van der Waals surface area contributed by atoms with E-state index in [4.69, 9.17) is 8.94 Å². The molecule has 6 nitrogen and oxygen atoms in total. The molecule has 0 aliphatic carbocycles. The number of benzene rings is 1. The molecule has 0 bridgehead atoms. The molecular weight excluding hydrogens is 306 g/mol. The summed E-state index contributed by atoms with van der Waals surface area (Å²) in [6.45, 7) is 3.05. The van der Waals surface area contributed by atoms with Gasteiger partial charge in [0.1, 0.15) is 5.76 Å². The van der Waals surface area contributed by atoms with Gasteiger partial charge in [-0.05, 0) is 24.6 Å². The number of nitrogens with zero attached hydrogens (tertiary/aromatic N) is 3. The van der Waals surface area contributed by atoms with Gasteiger partial charge in [-0.1, -0.05) is 29.4 Å². The van der Waals surface area contributed by atoms with Gasteiger partial charge in [-0.2, -0.15) is 4.98 Å². The number of amides is 1. The Morgan fingerprint density at radius 3 is 2.92 bits per heavy atom. The van der Waals surface area contributed by atoms with Gasteiger partial charge in [-0.25, -0.2) is 0 Å². The minimum Gasteiger partial charge on any atom is -0.467 e. The van der Waals surface area contributed by atoms with Crippen LogP contribution in [0.4, 0.5) is 0 Å². The van der Waals surface area contributed by atoms with Gasteiger partial charge in [0.2, 0.25) is 17.6 Å². The summed E-state index contributed by atoms with van der Waals surface area (Å²) >= 11 is 0. The third kappa shape index (κ3) is 2.71. The maximum Gasteiger partial charge on any atom is 0.232 e. The molecule has 1 aliphatic rings. The molecular formula is C18H17N3O3. The average molecular weight is 323 g/mol. The molecule has 1 aromatic carbocycles. The molecule has 0 spiro atoms. The fourth-order valence-corrected chi connectivity index (χ4v) is 3.02. The Hall–Kier alpha value is -2.89. The number of likely N-dealkylation sites (tertiary alicyclic amines) is 1. The predicted octanol–water partition coefficient (Wildman–Crippen LogP) is 3.15. The number of hydrogen-bond donors (Lipinski definition) is 0. The molecule has 0 radical (unpaired) electrons. The van der Waals surface area contributed by atoms with Crippen LogP contribution in [0.5, 0.6) is 0 Å². The van der Waals surface area contributed by atoms with E-state index in [2.05, 4.69) is 10.1 Å². The maximum atomic E-state index is 12.2. The zero-order chi connectivity index (χ0) is 16.5. The molecule has 1 amide bonds. The van der Waals surface area contributed by atoms with E-state index in [1.165, 1.54) is 0 Å². The lowest BCUT2D eigenvalue weighted by Crippen LogP contribution is -2.24. The summed E-state index contributed by atoms with van der Waals surface area (Å²) in [4.78, 5) is 18.5. The zero-order valence-electron chi connectivity index (χ0n) is 13.3. The zero-order valence-corrected chi connectivity index (χ0v) is 13.3. The number of furan rings is 1. The topological polar surface area (TPSA) is 72.4 Å². The SMILES string of the molecule is Cc1ccccc1-c1noc(C2CC(=O)N(Cc3ccco3)C2)n1. The van der Waals surface area contributed by atoms with E-state index >= 15 is 0 Å². The summed E-state index contributed by atoms with van der Waals surface area (Å²) in [6, 6.07) is 11.6. The molecule has 2 aromatic heterocycles. The van der Waals surface area contributed by atoms with Gasteiger partial charge in [-0.15, -0.1) is 0 Å². The van der Waals surface area contributed by atoms with E-state index in [0.717, 1.165) is 16.9 Å². The molecule has 1 unspecified atom stereocenters. The molecule has 0 N–H and O–H groups in total. The highest BCUT2D eigenvalue weighted by Crippen LogP contribution is 2.30. The van der Waals surface area contributed by atoms with Crippen molar-refractivity contribution in [3.8, 4) is 11.4 Å². The van der Waals surface area contributed by atoms with Gasteiger partial charge in [0.25, 0.3) is 0 Å². The Kier molecular flexibility index (Phi) is 3.65. The minimum absolute atomic E-state index is 0.0715. The lowest BCUT2D eigenvalue weighted by Gasteiger charge is -2.13. The smallest absolute Gasteiger partial charge is 0.232 e. The molecule has 4 rings (SSSR count). The number of aryl methyl sites for hydroxylation is 1. The molecule has 6 heteroatoms. The predicted molar refractivity (Wildman–Crippen MR) is 86.0 cm³/mol. The van der Waals surface area contributed by atoms with E-state index in [0.29, 0.717) is 31.2 Å². The van der Waals surface area contributed by atoms with Crippen LogP contribution in [0.25, 0.3) is 11.4 Å². The van der Waals surface area contributed by atoms with Crippen molar-refractivity contribution in [2.75, 3.05) is 6.54 Å². The fraction of sp³-hybridized carbons (Fsp3) is 0.278. The third-order valence-electron chi connectivity index (χ3n) is 4.32. The molecule has 1 aliphatic heterocycles. The monoisotopic (exact) mass is 323 g/mol. The van der Waals surface area contributed by atoms with Crippen molar-refractivity contribution in [1.82, 2.24) is 15.0 Å². The standard InChI is InChI=1S/C18H17N3O3/c1-12-5-2-3-7-15(12)17-19-18(24-20-17)13-9-16(22)21(10-13)11-14-6-4-8-23-14/h2-8,13H,9-11H2,1H3. The van der Waals surface area contributed by atoms with Crippen LogP contribution in [0.15, 0.2) is 51.6 Å². The molecule has 1 saturated heterocycles. The van der Waals surface area contributed by atoms with Crippen molar-refractivity contribution >= 4 is 5.91 Å². The molecule has 122 valence electrons. The van der Waals surface area contributed by atoms with Gasteiger partial charge in [-0.3, -0.25) is 4.79 Å². The number of carbonyl (C=O) groups is 1. The maximum absolute atomic E-state index is 12.2. The van der Waals surface area contributed by atoms with Gasteiger partial charge in [0, 0.05) is 18.5 Å². The van der Waals surface area contributed by atoms with Crippen LogP contribution in [0, 0.1) is 6.92 Å². The Bertz CT molecular complexity index is 854. The van der Waals surface area contributed by atoms with Crippen molar-refractivity contribution in [3.63, 3.8) is 0 Å². The first kappa shape index (κ1) is 14.7. The van der Waals surface area contributed by atoms with Crippen molar-refractivity contribution in [3.05, 3.63) is 59.9 Å². The lowest BCUT2D eigenvalue weighted by atomic mass is 10.1. The third-order valence-corrected chi connectivity index (χ3v) is 4.32. The summed E-state index contributed by atoms with van der Waals surface area (Å²) < 4.78 is 10.7. The number of rotatable bonds is 4. The van der Waals surface area contributed by atoms with E-state index in [1.807, 2.05) is 43.3 Å². The van der Waals surface area contributed by atoms with Gasteiger partial charge in [0.15, 0.2) is 0 Å². The Morgan fingerprint density at radius 2 is 2.12 bits per heavy atom. The second-order valence-electron chi connectivity index (χ2n) is 6.03. The van der Waals surface area contributed by atoms with E-state index in [1.54, 1.807) is 11.2 Å². The van der Waals surface area contributed by atoms with Gasteiger partial charge < -0.3 is 13.8 Å². The highest BCUT2D eigenvalue weighted by Gasteiger charge is 2.34. The van der Waals surface area contributed by atoms with Gasteiger partial charge >= 0.3 is 0 Å². The van der Waals surface area contributed by atoms with Crippen LogP contribution < -0.4 is 0 Å². The van der Waals surface area contributed by atoms with Crippen molar-refractivity contribution in [1.29, 1.82) is 0 Å². The largest absolute Gasteiger partial charge is 0.467 e. The fourth-order valence-electron chi connectivity index (χ4n) is 3.02. The van der Waals surface area contributed by atoms with E-state index < -0.39 is 0 Å². The highest BCUT2D eigenvalue weighted by molar-refractivity contribution is 5.79. The van der Waals surface area contributed by atoms with Crippen molar-refractivity contribution in [2.24, 2.45) is 0 Å². The first-order chi connectivity index (χ1) is 11.7. The number of carbonyl (C=O) groups excluding carboxylic acids is 1. The second-order valence-corrected chi connectivity index (χ2v) is 6.03. The lowest BCUT2D eigenvalue weighted by molar-refractivity contribution is -0.128. The normalized spacial score (nSPS) is 17.6. The highest BCUT2D eigenvalue weighted by atomic mass is 16.5. The molecule has 3 heterocycles. The average Bonchev–Trinajstić information content (AvgIpc) is 3.30. The van der Waals surface area contributed by atoms with Gasteiger partial charge in [0.05, 0.1) is 18.7 Å². The van der Waals surface area contributed by atoms with Crippen LogP contribution >= 0.6 is 0 Å².